The maximum Gasteiger partial charge on any atom is 0.264 e. The number of halogens is 2. The van der Waals surface area contributed by atoms with Crippen molar-refractivity contribution in [1.29, 1.82) is 0 Å². The Labute approximate surface area is 247 Å². The number of anilines is 1. The zero-order valence-corrected chi connectivity index (χ0v) is 25.3. The zero-order valence-electron chi connectivity index (χ0n) is 22.9. The van der Waals surface area contributed by atoms with E-state index in [2.05, 4.69) is 5.32 Å². The van der Waals surface area contributed by atoms with Crippen LogP contribution in [-0.2, 0) is 26.2 Å². The summed E-state index contributed by atoms with van der Waals surface area (Å²) in [6.45, 7) is 5.81. The van der Waals surface area contributed by atoms with E-state index in [1.165, 1.54) is 35.2 Å². The Kier molecular flexibility index (Phi) is 11.4. The number of hydrogen-bond donors (Lipinski definition) is 1. The molecule has 1 N–H and O–H groups in total. The van der Waals surface area contributed by atoms with Gasteiger partial charge in [-0.3, -0.25) is 13.9 Å². The highest BCUT2D eigenvalue weighted by atomic mass is 35.5. The second-order valence-electron chi connectivity index (χ2n) is 9.50. The summed E-state index contributed by atoms with van der Waals surface area (Å²) in [5.74, 6) is -0.800. The van der Waals surface area contributed by atoms with Gasteiger partial charge >= 0.3 is 0 Å². The van der Waals surface area contributed by atoms with Crippen LogP contribution in [0, 0.1) is 6.92 Å². The van der Waals surface area contributed by atoms with Crippen molar-refractivity contribution in [3.63, 3.8) is 0 Å². The number of rotatable bonds is 13. The Morgan fingerprint density at radius 3 is 2.20 bits per heavy atom. The number of sulfonamides is 1. The number of aryl methyl sites for hydroxylation is 1. The summed E-state index contributed by atoms with van der Waals surface area (Å²) in [4.78, 5) is 28.7. The Balaban J connectivity index is 2.04. The molecule has 0 aliphatic heterocycles. The lowest BCUT2D eigenvalue weighted by atomic mass is 10.1. The van der Waals surface area contributed by atoms with Gasteiger partial charge in [-0.25, -0.2) is 8.42 Å². The van der Waals surface area contributed by atoms with Gasteiger partial charge in [0.05, 0.1) is 20.6 Å². The average Bonchev–Trinajstić information content (AvgIpc) is 2.94. The molecule has 0 radical (unpaired) electrons. The van der Waals surface area contributed by atoms with Crippen LogP contribution in [0.2, 0.25) is 10.0 Å². The zero-order chi connectivity index (χ0) is 29.3. The molecule has 0 aliphatic carbocycles. The van der Waals surface area contributed by atoms with Crippen LogP contribution in [0.5, 0.6) is 0 Å². The van der Waals surface area contributed by atoms with Crippen molar-refractivity contribution in [3.05, 3.63) is 94.0 Å². The molecular weight excluding hydrogens is 569 g/mol. The molecular formula is C30H35Cl2N3O4S. The summed E-state index contributed by atoms with van der Waals surface area (Å²) in [7, 11) is -4.19. The predicted octanol–water partition coefficient (Wildman–Crippen LogP) is 6.22. The van der Waals surface area contributed by atoms with E-state index >= 15 is 0 Å². The van der Waals surface area contributed by atoms with Crippen LogP contribution < -0.4 is 9.62 Å². The molecule has 3 rings (SSSR count). The van der Waals surface area contributed by atoms with Gasteiger partial charge in [-0.05, 0) is 55.7 Å². The summed E-state index contributed by atoms with van der Waals surface area (Å²) in [5, 5.41) is 3.33. The molecule has 0 aromatic heterocycles. The molecule has 40 heavy (non-hydrogen) atoms. The molecule has 0 bridgehead atoms. The Bertz CT molecular complexity index is 1400. The number of carbonyl (C=O) groups excluding carboxylic acids is 2. The lowest BCUT2D eigenvalue weighted by molar-refractivity contribution is -0.140. The molecule has 0 spiro atoms. The minimum Gasteiger partial charge on any atom is -0.354 e. The fourth-order valence-electron chi connectivity index (χ4n) is 4.21. The molecule has 3 aromatic carbocycles. The van der Waals surface area contributed by atoms with Crippen molar-refractivity contribution >= 4 is 50.7 Å². The molecule has 214 valence electrons. The van der Waals surface area contributed by atoms with Crippen LogP contribution in [0.25, 0.3) is 0 Å². The van der Waals surface area contributed by atoms with Crippen LogP contribution in [0.15, 0.2) is 77.7 Å². The van der Waals surface area contributed by atoms with Crippen molar-refractivity contribution in [2.45, 2.75) is 57.5 Å². The van der Waals surface area contributed by atoms with Crippen molar-refractivity contribution in [2.24, 2.45) is 0 Å². The van der Waals surface area contributed by atoms with Gasteiger partial charge in [-0.2, -0.15) is 0 Å². The highest BCUT2D eigenvalue weighted by molar-refractivity contribution is 7.92. The highest BCUT2D eigenvalue weighted by Gasteiger charge is 2.33. The van der Waals surface area contributed by atoms with E-state index in [1.54, 1.807) is 12.1 Å². The van der Waals surface area contributed by atoms with Gasteiger partial charge in [0.1, 0.15) is 12.6 Å². The van der Waals surface area contributed by atoms with Crippen LogP contribution >= 0.6 is 23.2 Å². The summed E-state index contributed by atoms with van der Waals surface area (Å²) >= 11 is 12.4. The van der Waals surface area contributed by atoms with E-state index in [1.807, 2.05) is 51.1 Å². The molecule has 3 aromatic rings. The molecule has 0 fully saturated rings. The number of hydrogen-bond acceptors (Lipinski definition) is 4. The fraction of sp³-hybridized carbons (Fsp3) is 0.333. The molecule has 0 heterocycles. The van der Waals surface area contributed by atoms with Crippen molar-refractivity contribution in [2.75, 3.05) is 17.4 Å². The van der Waals surface area contributed by atoms with Gasteiger partial charge in [-0.1, -0.05) is 91.5 Å². The molecule has 2 amide bonds. The van der Waals surface area contributed by atoms with Gasteiger partial charge in [-0.15, -0.1) is 0 Å². The number of unbranched alkanes of at least 4 members (excludes halogenated alkanes) is 1. The first kappa shape index (κ1) is 31.5. The maximum absolute atomic E-state index is 14.0. The van der Waals surface area contributed by atoms with Crippen molar-refractivity contribution in [3.8, 4) is 0 Å². The van der Waals surface area contributed by atoms with E-state index in [4.69, 9.17) is 23.2 Å². The number of carbonyl (C=O) groups is 2. The molecule has 10 heteroatoms. The summed E-state index contributed by atoms with van der Waals surface area (Å²) in [6.07, 6.45) is 2.09. The van der Waals surface area contributed by atoms with E-state index in [0.717, 1.165) is 28.3 Å². The summed E-state index contributed by atoms with van der Waals surface area (Å²) < 4.78 is 28.8. The lowest BCUT2D eigenvalue weighted by Gasteiger charge is -2.33. The fourth-order valence-corrected chi connectivity index (χ4v) is 5.91. The highest BCUT2D eigenvalue weighted by Crippen LogP contribution is 2.31. The summed E-state index contributed by atoms with van der Waals surface area (Å²) in [6, 6.07) is 19.3. The van der Waals surface area contributed by atoms with E-state index < -0.39 is 28.5 Å². The third kappa shape index (κ3) is 7.99. The van der Waals surface area contributed by atoms with Gasteiger partial charge in [0, 0.05) is 13.1 Å². The molecule has 0 aliphatic rings. The standard InChI is InChI=1S/C30H35Cl2N3O4S/c1-4-6-18-33-30(37)28(5-2)34(20-23-10-8-7-9-11-23)29(36)21-35(24-14-17-26(31)27(32)19-24)40(38,39)25-15-12-22(3)13-16-25/h7-17,19,28H,4-6,18,20-21H2,1-3H3,(H,33,37)/t28-/m1/s1. The number of benzene rings is 3. The smallest absolute Gasteiger partial charge is 0.264 e. The largest absolute Gasteiger partial charge is 0.354 e. The second-order valence-corrected chi connectivity index (χ2v) is 12.2. The van der Waals surface area contributed by atoms with E-state index in [0.29, 0.717) is 13.0 Å². The van der Waals surface area contributed by atoms with Gasteiger partial charge in [0.25, 0.3) is 10.0 Å². The molecule has 7 nitrogen and oxygen atoms in total. The van der Waals surface area contributed by atoms with Crippen LogP contribution in [0.1, 0.15) is 44.2 Å². The Morgan fingerprint density at radius 2 is 1.60 bits per heavy atom. The predicted molar refractivity (Wildman–Crippen MR) is 161 cm³/mol. The number of nitrogens with zero attached hydrogens (tertiary/aromatic N) is 2. The first-order chi connectivity index (χ1) is 19.1. The molecule has 0 saturated carbocycles. The van der Waals surface area contributed by atoms with E-state index in [-0.39, 0.29) is 33.1 Å². The first-order valence-corrected chi connectivity index (χ1v) is 15.4. The quantitative estimate of drug-likeness (QED) is 0.235. The van der Waals surface area contributed by atoms with Gasteiger partial charge < -0.3 is 10.2 Å². The number of amides is 2. The van der Waals surface area contributed by atoms with Crippen molar-refractivity contribution in [1.82, 2.24) is 10.2 Å². The third-order valence-electron chi connectivity index (χ3n) is 6.49. The number of nitrogens with one attached hydrogen (secondary N) is 1. The molecule has 1 atom stereocenters. The van der Waals surface area contributed by atoms with Crippen LogP contribution in [0.3, 0.4) is 0 Å². The second kappa shape index (κ2) is 14.5. The minimum atomic E-state index is -4.19. The summed E-state index contributed by atoms with van der Waals surface area (Å²) in [5.41, 5.74) is 1.89. The Hall–Kier alpha value is -3.07. The lowest BCUT2D eigenvalue weighted by Crippen LogP contribution is -2.52. The molecule has 0 saturated heterocycles. The topological polar surface area (TPSA) is 86.8 Å². The van der Waals surface area contributed by atoms with Crippen LogP contribution in [0.4, 0.5) is 5.69 Å². The first-order valence-electron chi connectivity index (χ1n) is 13.2. The monoisotopic (exact) mass is 603 g/mol. The minimum absolute atomic E-state index is 0.0240. The third-order valence-corrected chi connectivity index (χ3v) is 9.02. The van der Waals surface area contributed by atoms with Gasteiger partial charge in [0.15, 0.2) is 0 Å². The van der Waals surface area contributed by atoms with Crippen LogP contribution in [-0.4, -0.2) is 44.3 Å². The van der Waals surface area contributed by atoms with Crippen molar-refractivity contribution < 1.29 is 18.0 Å². The van der Waals surface area contributed by atoms with E-state index in [9.17, 15) is 18.0 Å². The molecule has 0 unspecified atom stereocenters. The maximum atomic E-state index is 14.0. The average molecular weight is 605 g/mol. The normalized spacial score (nSPS) is 12.0. The Morgan fingerprint density at radius 1 is 0.925 bits per heavy atom. The van der Waals surface area contributed by atoms with Gasteiger partial charge in [0.2, 0.25) is 11.8 Å². The SMILES string of the molecule is CCCCNC(=O)[C@@H](CC)N(Cc1ccccc1)C(=O)CN(c1ccc(Cl)c(Cl)c1)S(=O)(=O)c1ccc(C)cc1.